The Morgan fingerprint density at radius 3 is 2.79 bits per heavy atom. The van der Waals surface area contributed by atoms with Crippen LogP contribution in [0.15, 0.2) is 0 Å². The van der Waals surface area contributed by atoms with Crippen molar-refractivity contribution in [3.8, 4) is 0 Å². The van der Waals surface area contributed by atoms with Gasteiger partial charge < -0.3 is 15.8 Å². The lowest BCUT2D eigenvalue weighted by molar-refractivity contribution is -0.120. The third kappa shape index (κ3) is 4.65. The fourth-order valence-electron chi connectivity index (χ4n) is 2.62. The van der Waals surface area contributed by atoms with Crippen LogP contribution >= 0.6 is 11.8 Å². The van der Waals surface area contributed by atoms with E-state index in [1.165, 1.54) is 25.7 Å². The summed E-state index contributed by atoms with van der Waals surface area (Å²) in [5.41, 5.74) is 5.60. The van der Waals surface area contributed by atoms with Crippen LogP contribution in [0.4, 0.5) is 0 Å². The summed E-state index contributed by atoms with van der Waals surface area (Å²) in [5, 5.41) is 3.12. The van der Waals surface area contributed by atoms with E-state index in [2.05, 4.69) is 12.2 Å². The van der Waals surface area contributed by atoms with Crippen molar-refractivity contribution in [2.24, 2.45) is 11.7 Å². The summed E-state index contributed by atoms with van der Waals surface area (Å²) in [6.07, 6.45) is 6.30. The van der Waals surface area contributed by atoms with Crippen LogP contribution in [0.1, 0.15) is 39.0 Å². The molecule has 1 amide bonds. The predicted octanol–water partition coefficient (Wildman–Crippen LogP) is 1.53. The topological polar surface area (TPSA) is 64.3 Å². The zero-order valence-electron chi connectivity index (χ0n) is 11.8. The second kappa shape index (κ2) is 6.95. The lowest BCUT2D eigenvalue weighted by atomic mass is 9.96. The van der Waals surface area contributed by atoms with Gasteiger partial charge in [-0.3, -0.25) is 4.79 Å². The van der Waals surface area contributed by atoms with Gasteiger partial charge in [-0.1, -0.05) is 0 Å². The second-order valence-electron chi connectivity index (χ2n) is 5.95. The maximum atomic E-state index is 12.0. The zero-order valence-corrected chi connectivity index (χ0v) is 12.6. The molecule has 2 atom stereocenters. The van der Waals surface area contributed by atoms with Crippen LogP contribution in [0, 0.1) is 5.92 Å². The zero-order chi connectivity index (χ0) is 13.7. The van der Waals surface area contributed by atoms with Gasteiger partial charge in [0.1, 0.15) is 0 Å². The molecule has 1 saturated heterocycles. The van der Waals surface area contributed by atoms with E-state index in [1.807, 2.05) is 0 Å². The van der Waals surface area contributed by atoms with E-state index in [0.29, 0.717) is 24.3 Å². The minimum Gasteiger partial charge on any atom is -0.377 e. The van der Waals surface area contributed by atoms with E-state index in [1.54, 1.807) is 11.8 Å². The standard InChI is InChI=1S/C14H26N2O2S/c1-14(10-15,11-5-6-11)16-13(17)9-19-8-12-4-2-3-7-18-12/h11-12H,2-10,15H2,1H3,(H,16,17). The fourth-order valence-corrected chi connectivity index (χ4v) is 3.52. The Balaban J connectivity index is 1.63. The van der Waals surface area contributed by atoms with Gasteiger partial charge in [0.25, 0.3) is 0 Å². The Labute approximate surface area is 120 Å². The maximum Gasteiger partial charge on any atom is 0.230 e. The Hall–Kier alpha value is -0.260. The number of hydrogen-bond acceptors (Lipinski definition) is 4. The van der Waals surface area contributed by atoms with Gasteiger partial charge in [-0.15, -0.1) is 11.8 Å². The number of nitrogens with one attached hydrogen (secondary N) is 1. The second-order valence-corrected chi connectivity index (χ2v) is 6.98. The highest BCUT2D eigenvalue weighted by Gasteiger charge is 2.41. The van der Waals surface area contributed by atoms with E-state index in [-0.39, 0.29) is 11.4 Å². The average Bonchev–Trinajstić information content (AvgIpc) is 3.24. The van der Waals surface area contributed by atoms with Gasteiger partial charge in [0.05, 0.1) is 17.4 Å². The molecule has 0 spiro atoms. The molecule has 0 radical (unpaired) electrons. The number of thioether (sulfide) groups is 1. The van der Waals surface area contributed by atoms with Gasteiger partial charge in [0.15, 0.2) is 0 Å². The third-order valence-corrected chi connectivity index (χ3v) is 5.21. The monoisotopic (exact) mass is 286 g/mol. The Morgan fingerprint density at radius 2 is 2.21 bits per heavy atom. The van der Waals surface area contributed by atoms with Gasteiger partial charge >= 0.3 is 0 Å². The molecule has 19 heavy (non-hydrogen) atoms. The predicted molar refractivity (Wildman–Crippen MR) is 79.2 cm³/mol. The highest BCUT2D eigenvalue weighted by molar-refractivity contribution is 7.99. The number of hydrogen-bond donors (Lipinski definition) is 2. The van der Waals surface area contributed by atoms with Crippen LogP contribution in [0.3, 0.4) is 0 Å². The molecule has 5 heteroatoms. The van der Waals surface area contributed by atoms with Crippen molar-refractivity contribution in [3.05, 3.63) is 0 Å². The molecule has 4 nitrogen and oxygen atoms in total. The molecule has 2 unspecified atom stereocenters. The van der Waals surface area contributed by atoms with Gasteiger partial charge in [-0.2, -0.15) is 0 Å². The van der Waals surface area contributed by atoms with Crippen molar-refractivity contribution in [3.63, 3.8) is 0 Å². The number of carbonyl (C=O) groups excluding carboxylic acids is 1. The first kappa shape index (κ1) is 15.1. The van der Waals surface area contributed by atoms with Gasteiger partial charge in [-0.05, 0) is 44.9 Å². The molecule has 2 fully saturated rings. The lowest BCUT2D eigenvalue weighted by Crippen LogP contribution is -2.53. The molecule has 1 saturated carbocycles. The third-order valence-electron chi connectivity index (χ3n) is 4.14. The van der Waals surface area contributed by atoms with Crippen LogP contribution in [0.5, 0.6) is 0 Å². The molecule has 1 aliphatic carbocycles. The Kier molecular flexibility index (Phi) is 5.54. The van der Waals surface area contributed by atoms with Crippen LogP contribution in [-0.4, -0.2) is 42.2 Å². The highest BCUT2D eigenvalue weighted by atomic mass is 32.2. The molecular weight excluding hydrogens is 260 g/mol. The van der Waals surface area contributed by atoms with Crippen molar-refractivity contribution in [1.82, 2.24) is 5.32 Å². The SMILES string of the molecule is CC(CN)(NC(=O)CSCC1CCCCO1)C1CC1. The highest BCUT2D eigenvalue weighted by Crippen LogP contribution is 2.38. The number of amides is 1. The van der Waals surface area contributed by atoms with E-state index in [0.717, 1.165) is 18.8 Å². The summed E-state index contributed by atoms with van der Waals surface area (Å²) in [4.78, 5) is 12.0. The van der Waals surface area contributed by atoms with Gasteiger partial charge in [0, 0.05) is 18.9 Å². The molecule has 3 N–H and O–H groups in total. The van der Waals surface area contributed by atoms with Gasteiger partial charge in [-0.25, -0.2) is 0 Å². The molecule has 1 heterocycles. The van der Waals surface area contributed by atoms with Crippen LogP contribution in [0.2, 0.25) is 0 Å². The van der Waals surface area contributed by atoms with Crippen molar-refractivity contribution in [2.45, 2.75) is 50.7 Å². The fraction of sp³-hybridized carbons (Fsp3) is 0.929. The summed E-state index contributed by atoms with van der Waals surface area (Å²) in [6.45, 7) is 3.47. The molecule has 1 aliphatic heterocycles. The first-order valence-electron chi connectivity index (χ1n) is 7.34. The smallest absolute Gasteiger partial charge is 0.230 e. The maximum absolute atomic E-state index is 12.0. The summed E-state index contributed by atoms with van der Waals surface area (Å²) in [6, 6.07) is 0. The summed E-state index contributed by atoms with van der Waals surface area (Å²) in [5.74, 6) is 2.13. The van der Waals surface area contributed by atoms with Crippen LogP contribution in [-0.2, 0) is 9.53 Å². The molecule has 0 aromatic rings. The first-order valence-corrected chi connectivity index (χ1v) is 8.50. The summed E-state index contributed by atoms with van der Waals surface area (Å²) >= 11 is 1.67. The van der Waals surface area contributed by atoms with E-state index in [9.17, 15) is 4.79 Å². The molecule has 110 valence electrons. The molecular formula is C14H26N2O2S. The van der Waals surface area contributed by atoms with Crippen LogP contribution < -0.4 is 11.1 Å². The van der Waals surface area contributed by atoms with E-state index < -0.39 is 0 Å². The van der Waals surface area contributed by atoms with Gasteiger partial charge in [0.2, 0.25) is 5.91 Å². The first-order chi connectivity index (χ1) is 9.14. The van der Waals surface area contributed by atoms with Crippen molar-refractivity contribution in [1.29, 1.82) is 0 Å². The number of nitrogens with two attached hydrogens (primary N) is 1. The number of ether oxygens (including phenoxy) is 1. The van der Waals surface area contributed by atoms with E-state index in [4.69, 9.17) is 10.5 Å². The van der Waals surface area contributed by atoms with E-state index >= 15 is 0 Å². The molecule has 0 aromatic heterocycles. The number of rotatable bonds is 7. The van der Waals surface area contributed by atoms with Crippen molar-refractivity contribution < 1.29 is 9.53 Å². The molecule has 0 bridgehead atoms. The molecule has 0 aromatic carbocycles. The average molecular weight is 286 g/mol. The van der Waals surface area contributed by atoms with Crippen molar-refractivity contribution in [2.75, 3.05) is 24.7 Å². The Morgan fingerprint density at radius 1 is 1.42 bits per heavy atom. The minimum absolute atomic E-state index is 0.112. The van der Waals surface area contributed by atoms with Crippen molar-refractivity contribution >= 4 is 17.7 Å². The molecule has 2 aliphatic rings. The summed E-state index contributed by atoms with van der Waals surface area (Å²) in [7, 11) is 0. The normalized spacial score (nSPS) is 26.7. The minimum atomic E-state index is -0.195. The Bertz CT molecular complexity index is 304. The lowest BCUT2D eigenvalue weighted by Gasteiger charge is -2.29. The molecule has 2 rings (SSSR count). The number of carbonyl (C=O) groups is 1. The summed E-state index contributed by atoms with van der Waals surface area (Å²) < 4.78 is 5.66. The quantitative estimate of drug-likeness (QED) is 0.745. The van der Waals surface area contributed by atoms with Crippen LogP contribution in [0.25, 0.3) is 0 Å². The largest absolute Gasteiger partial charge is 0.377 e.